The first-order valence-electron chi connectivity index (χ1n) is 8.10. The van der Waals surface area contributed by atoms with Gasteiger partial charge in [0, 0.05) is 16.5 Å². The number of nitrogens with one attached hydrogen (secondary N) is 1. The average Bonchev–Trinajstić information content (AvgIpc) is 3.04. The van der Waals surface area contributed by atoms with Crippen LogP contribution in [0.3, 0.4) is 0 Å². The Kier molecular flexibility index (Phi) is 4.59. The lowest BCUT2D eigenvalue weighted by Gasteiger charge is -2.21. The van der Waals surface area contributed by atoms with Gasteiger partial charge in [-0.2, -0.15) is 0 Å². The van der Waals surface area contributed by atoms with Crippen LogP contribution in [0.25, 0.3) is 0 Å². The zero-order valence-electron chi connectivity index (χ0n) is 14.7. The first-order chi connectivity index (χ1) is 11.7. The van der Waals surface area contributed by atoms with E-state index in [-0.39, 0.29) is 11.9 Å². The second-order valence-electron chi connectivity index (χ2n) is 6.29. The summed E-state index contributed by atoms with van der Waals surface area (Å²) in [5.74, 6) is -0.232. The lowest BCUT2D eigenvalue weighted by Crippen LogP contribution is -2.34. The molecule has 0 saturated carbocycles. The number of amides is 1. The van der Waals surface area contributed by atoms with Crippen molar-refractivity contribution in [3.05, 3.63) is 39.9 Å². The van der Waals surface area contributed by atoms with E-state index in [0.29, 0.717) is 22.8 Å². The fraction of sp³-hybridized carbons (Fsp3) is 0.412. The number of aromatic nitrogens is 1. The molecular weight excluding hydrogens is 358 g/mol. The topological polar surface area (TPSA) is 79.4 Å². The Morgan fingerprint density at radius 3 is 2.76 bits per heavy atom. The third-order valence-corrected chi connectivity index (χ3v) is 6.50. The van der Waals surface area contributed by atoms with Crippen LogP contribution in [0.2, 0.25) is 0 Å². The number of nitrogens with zero attached hydrogens (tertiary/aromatic N) is 2. The SMILES string of the molecule is CCc1nc(NC(=O)c2ccc3c(c2)CC(C)N3S(C)(=O)=O)sc1C. The largest absolute Gasteiger partial charge is 0.298 e. The molecule has 1 unspecified atom stereocenters. The molecule has 3 rings (SSSR count). The molecule has 0 spiro atoms. The zero-order valence-corrected chi connectivity index (χ0v) is 16.3. The monoisotopic (exact) mass is 379 g/mol. The van der Waals surface area contributed by atoms with Crippen LogP contribution in [0.1, 0.15) is 40.3 Å². The van der Waals surface area contributed by atoms with Gasteiger partial charge < -0.3 is 0 Å². The fourth-order valence-corrected chi connectivity index (χ4v) is 5.39. The van der Waals surface area contributed by atoms with Crippen molar-refractivity contribution in [2.45, 2.75) is 39.7 Å². The van der Waals surface area contributed by atoms with Crippen molar-refractivity contribution in [2.24, 2.45) is 0 Å². The van der Waals surface area contributed by atoms with E-state index >= 15 is 0 Å². The maximum absolute atomic E-state index is 12.5. The lowest BCUT2D eigenvalue weighted by molar-refractivity contribution is 0.102. The van der Waals surface area contributed by atoms with Crippen LogP contribution in [0, 0.1) is 6.92 Å². The summed E-state index contributed by atoms with van der Waals surface area (Å²) in [7, 11) is -3.33. The molecule has 1 N–H and O–H groups in total. The van der Waals surface area contributed by atoms with E-state index in [9.17, 15) is 13.2 Å². The smallest absolute Gasteiger partial charge is 0.257 e. The lowest BCUT2D eigenvalue weighted by atomic mass is 10.1. The first kappa shape index (κ1) is 17.9. The number of hydrogen-bond acceptors (Lipinski definition) is 5. The van der Waals surface area contributed by atoms with E-state index in [4.69, 9.17) is 0 Å². The van der Waals surface area contributed by atoms with Crippen LogP contribution in [0.5, 0.6) is 0 Å². The number of benzene rings is 1. The van der Waals surface area contributed by atoms with E-state index in [0.717, 1.165) is 22.6 Å². The molecule has 8 heteroatoms. The number of thiazole rings is 1. The highest BCUT2D eigenvalue weighted by Crippen LogP contribution is 2.35. The second kappa shape index (κ2) is 6.42. The molecule has 0 bridgehead atoms. The summed E-state index contributed by atoms with van der Waals surface area (Å²) in [6.45, 7) is 5.89. The standard InChI is InChI=1S/C17H21N3O3S2/c1-5-14-11(3)24-17(18-14)19-16(21)12-6-7-15-13(9-12)8-10(2)20(15)25(4,22)23/h6-7,9-10H,5,8H2,1-4H3,(H,18,19,21). The molecule has 0 saturated heterocycles. The number of sulfonamides is 1. The first-order valence-corrected chi connectivity index (χ1v) is 10.8. The van der Waals surface area contributed by atoms with Crippen LogP contribution in [0.15, 0.2) is 18.2 Å². The minimum absolute atomic E-state index is 0.142. The molecule has 0 aliphatic carbocycles. The predicted molar refractivity (Wildman–Crippen MR) is 101 cm³/mol. The van der Waals surface area contributed by atoms with Gasteiger partial charge in [-0.25, -0.2) is 13.4 Å². The zero-order chi connectivity index (χ0) is 18.4. The van der Waals surface area contributed by atoms with E-state index in [1.54, 1.807) is 18.2 Å². The maximum Gasteiger partial charge on any atom is 0.257 e. The van der Waals surface area contributed by atoms with Crippen molar-refractivity contribution in [3.8, 4) is 0 Å². The average molecular weight is 380 g/mol. The third kappa shape index (κ3) is 3.41. The van der Waals surface area contributed by atoms with Gasteiger partial charge in [0.25, 0.3) is 5.91 Å². The Labute approximate surface area is 151 Å². The third-order valence-electron chi connectivity index (χ3n) is 4.30. The van der Waals surface area contributed by atoms with Crippen molar-refractivity contribution in [3.63, 3.8) is 0 Å². The molecule has 0 fully saturated rings. The number of rotatable bonds is 4. The molecule has 1 aliphatic heterocycles. The van der Waals surface area contributed by atoms with Crippen molar-refractivity contribution < 1.29 is 13.2 Å². The Morgan fingerprint density at radius 2 is 2.16 bits per heavy atom. The summed E-state index contributed by atoms with van der Waals surface area (Å²) >= 11 is 1.46. The molecule has 1 aromatic carbocycles. The van der Waals surface area contributed by atoms with Crippen LogP contribution in [-0.2, 0) is 22.9 Å². The van der Waals surface area contributed by atoms with Gasteiger partial charge in [-0.3, -0.25) is 14.4 Å². The Hall–Kier alpha value is -1.93. The molecule has 2 aromatic rings. The van der Waals surface area contributed by atoms with Gasteiger partial charge in [-0.15, -0.1) is 11.3 Å². The summed E-state index contributed by atoms with van der Waals surface area (Å²) in [4.78, 5) is 18.0. The van der Waals surface area contributed by atoms with Gasteiger partial charge in [0.2, 0.25) is 10.0 Å². The summed E-state index contributed by atoms with van der Waals surface area (Å²) in [6.07, 6.45) is 2.63. The Bertz CT molecular complexity index is 935. The molecule has 1 aliphatic rings. The van der Waals surface area contributed by atoms with Crippen LogP contribution in [-0.4, -0.2) is 31.6 Å². The minimum Gasteiger partial charge on any atom is -0.298 e. The van der Waals surface area contributed by atoms with Gasteiger partial charge in [-0.1, -0.05) is 6.92 Å². The molecule has 25 heavy (non-hydrogen) atoms. The van der Waals surface area contributed by atoms with Crippen molar-refractivity contribution in [2.75, 3.05) is 15.9 Å². The van der Waals surface area contributed by atoms with Gasteiger partial charge in [-0.05, 0) is 50.5 Å². The molecule has 6 nitrogen and oxygen atoms in total. The molecule has 1 aromatic heterocycles. The predicted octanol–water partition coefficient (Wildman–Crippen LogP) is 2.98. The van der Waals surface area contributed by atoms with E-state index in [1.165, 1.54) is 21.9 Å². The Balaban J connectivity index is 1.85. The second-order valence-corrected chi connectivity index (χ2v) is 9.35. The number of carbonyl (C=O) groups is 1. The summed E-state index contributed by atoms with van der Waals surface area (Å²) < 4.78 is 25.4. The summed E-state index contributed by atoms with van der Waals surface area (Å²) in [5, 5.41) is 3.42. The number of fused-ring (bicyclic) bond motifs is 1. The normalized spacial score (nSPS) is 16.8. The van der Waals surface area contributed by atoms with Crippen LogP contribution < -0.4 is 9.62 Å². The van der Waals surface area contributed by atoms with E-state index < -0.39 is 10.0 Å². The van der Waals surface area contributed by atoms with E-state index in [2.05, 4.69) is 10.3 Å². The van der Waals surface area contributed by atoms with Crippen molar-refractivity contribution in [1.82, 2.24) is 4.98 Å². The minimum atomic E-state index is -3.33. The van der Waals surface area contributed by atoms with Crippen LogP contribution in [0.4, 0.5) is 10.8 Å². The van der Waals surface area contributed by atoms with Gasteiger partial charge >= 0.3 is 0 Å². The number of aryl methyl sites for hydroxylation is 2. The number of anilines is 2. The quantitative estimate of drug-likeness (QED) is 0.886. The summed E-state index contributed by atoms with van der Waals surface area (Å²) in [5.41, 5.74) is 3.03. The van der Waals surface area contributed by atoms with Gasteiger partial charge in [0.15, 0.2) is 5.13 Å². The highest BCUT2D eigenvalue weighted by Gasteiger charge is 2.32. The fourth-order valence-electron chi connectivity index (χ4n) is 3.23. The molecule has 134 valence electrons. The van der Waals surface area contributed by atoms with Gasteiger partial charge in [0.1, 0.15) is 0 Å². The van der Waals surface area contributed by atoms with Crippen molar-refractivity contribution in [1.29, 1.82) is 0 Å². The molecule has 2 heterocycles. The van der Waals surface area contributed by atoms with Crippen LogP contribution >= 0.6 is 11.3 Å². The maximum atomic E-state index is 12.5. The highest BCUT2D eigenvalue weighted by molar-refractivity contribution is 7.92. The number of hydrogen-bond donors (Lipinski definition) is 1. The molecular formula is C17H21N3O3S2. The molecule has 0 radical (unpaired) electrons. The number of carbonyl (C=O) groups excluding carboxylic acids is 1. The van der Waals surface area contributed by atoms with E-state index in [1.807, 2.05) is 20.8 Å². The highest BCUT2D eigenvalue weighted by atomic mass is 32.2. The molecule has 1 amide bonds. The summed E-state index contributed by atoms with van der Waals surface area (Å²) in [6, 6.07) is 5.00. The molecule has 1 atom stereocenters. The van der Waals surface area contributed by atoms with Gasteiger partial charge in [0.05, 0.1) is 17.6 Å². The van der Waals surface area contributed by atoms with Crippen molar-refractivity contribution >= 4 is 38.1 Å². The Morgan fingerprint density at radius 1 is 1.44 bits per heavy atom.